The second-order valence-electron chi connectivity index (χ2n) is 10.4. The highest BCUT2D eigenvalue weighted by molar-refractivity contribution is 7.09. The minimum atomic E-state index is -0.684. The number of nitrogens with one attached hydrogen (secondary N) is 3. The van der Waals surface area contributed by atoms with E-state index in [1.165, 1.54) is 27.2 Å². The first-order valence-electron chi connectivity index (χ1n) is 13.8. The maximum Gasteiger partial charge on any atom is 0.273 e. The number of rotatable bonds is 5. The molecule has 4 amide bonds. The van der Waals surface area contributed by atoms with Crippen LogP contribution in [-0.4, -0.2) is 67.9 Å². The Bertz CT molecular complexity index is 1570. The maximum atomic E-state index is 13.3. The van der Waals surface area contributed by atoms with Crippen molar-refractivity contribution in [2.24, 2.45) is 5.92 Å². The van der Waals surface area contributed by atoms with E-state index in [9.17, 15) is 19.2 Å². The fourth-order valence-corrected chi connectivity index (χ4v) is 5.62. The molecule has 3 aromatic heterocycles. The van der Waals surface area contributed by atoms with Gasteiger partial charge in [-0.25, -0.2) is 9.97 Å². The third-order valence-electron chi connectivity index (χ3n) is 6.86. The van der Waals surface area contributed by atoms with E-state index < -0.39 is 29.8 Å². The van der Waals surface area contributed by atoms with E-state index in [0.717, 1.165) is 5.56 Å². The molecule has 1 aromatic carbocycles. The first-order chi connectivity index (χ1) is 20.8. The largest absolute Gasteiger partial charge is 0.446 e. The minimum Gasteiger partial charge on any atom is -0.446 e. The minimum absolute atomic E-state index is 0.0197. The summed E-state index contributed by atoms with van der Waals surface area (Å²) in [5.41, 5.74) is 1.13. The zero-order valence-electron chi connectivity index (χ0n) is 23.7. The van der Waals surface area contributed by atoms with Gasteiger partial charge in [-0.1, -0.05) is 44.2 Å². The Labute approximate surface area is 251 Å². The first-order valence-corrected chi connectivity index (χ1v) is 14.7. The van der Waals surface area contributed by atoms with Crippen molar-refractivity contribution >= 4 is 35.0 Å². The van der Waals surface area contributed by atoms with Crippen LogP contribution in [0.25, 0.3) is 0 Å². The Morgan fingerprint density at radius 2 is 1.88 bits per heavy atom. The average Bonchev–Trinajstić information content (AvgIpc) is 3.77. The molecule has 2 atom stereocenters. The highest BCUT2D eigenvalue weighted by atomic mass is 32.1. The highest BCUT2D eigenvalue weighted by Gasteiger charge is 2.28. The molecule has 1 aliphatic heterocycles. The Hall–Kier alpha value is -4.85. The molecule has 0 unspecified atom stereocenters. The van der Waals surface area contributed by atoms with Gasteiger partial charge in [0.25, 0.3) is 11.8 Å². The van der Waals surface area contributed by atoms with Crippen LogP contribution in [0, 0.1) is 5.92 Å². The zero-order chi connectivity index (χ0) is 30.3. The molecule has 3 N–H and O–H groups in total. The number of benzene rings is 1. The summed E-state index contributed by atoms with van der Waals surface area (Å²) in [6.07, 6.45) is 4.81. The predicted molar refractivity (Wildman–Crippen MR) is 156 cm³/mol. The van der Waals surface area contributed by atoms with Gasteiger partial charge in [-0.05, 0) is 17.5 Å². The number of thiazole rings is 1. The third kappa shape index (κ3) is 7.52. The summed E-state index contributed by atoms with van der Waals surface area (Å²) in [4.78, 5) is 62.9. The van der Waals surface area contributed by atoms with Crippen LogP contribution in [-0.2, 0) is 22.6 Å². The molecular formula is C29H32N8O5S. The van der Waals surface area contributed by atoms with Gasteiger partial charge in [-0.15, -0.1) is 11.3 Å². The summed E-state index contributed by atoms with van der Waals surface area (Å²) in [5.74, 6) is -1.59. The standard InChI is InChI=1S/C29H32N8O5S/c1-18(2)25-29-34-22(17-43-29)27(41)32-20(13-19-7-4-3-5-8-19)28-33-21(16-42-28)26(40)30-10-12-36(14-23(38)35-25)24(39)15-37-11-6-9-31-37/h3-9,11,16-18,20,25H,10,12-15H2,1-2H3,(H,30,40)(H,32,41)(H,35,38)/t20-,25-/m0/s1. The van der Waals surface area contributed by atoms with Crippen LogP contribution in [0.2, 0.25) is 0 Å². The normalized spacial score (nSPS) is 18.4. The number of aromatic nitrogens is 4. The van der Waals surface area contributed by atoms with E-state index in [-0.39, 0.29) is 55.3 Å². The van der Waals surface area contributed by atoms with Crippen molar-refractivity contribution < 1.29 is 23.6 Å². The topological polar surface area (TPSA) is 164 Å². The van der Waals surface area contributed by atoms with Gasteiger partial charge in [0.15, 0.2) is 5.69 Å². The number of amides is 4. The molecule has 0 saturated carbocycles. The summed E-state index contributed by atoms with van der Waals surface area (Å²) < 4.78 is 7.13. The molecule has 0 aliphatic carbocycles. The van der Waals surface area contributed by atoms with Gasteiger partial charge >= 0.3 is 0 Å². The van der Waals surface area contributed by atoms with Gasteiger partial charge in [0.1, 0.15) is 29.6 Å². The summed E-state index contributed by atoms with van der Waals surface area (Å²) >= 11 is 1.26. The van der Waals surface area contributed by atoms with Crippen molar-refractivity contribution in [2.75, 3.05) is 19.6 Å². The molecule has 1 aliphatic rings. The molecule has 43 heavy (non-hydrogen) atoms. The predicted octanol–water partition coefficient (Wildman–Crippen LogP) is 2.13. The molecule has 0 fully saturated rings. The second kappa shape index (κ2) is 13.4. The van der Waals surface area contributed by atoms with E-state index in [2.05, 4.69) is 31.0 Å². The van der Waals surface area contributed by atoms with Crippen LogP contribution >= 0.6 is 11.3 Å². The molecule has 13 nitrogen and oxygen atoms in total. The van der Waals surface area contributed by atoms with Crippen molar-refractivity contribution in [3.05, 3.63) is 88.3 Å². The summed E-state index contributed by atoms with van der Waals surface area (Å²) in [7, 11) is 0. The van der Waals surface area contributed by atoms with Crippen LogP contribution in [0.15, 0.2) is 64.9 Å². The summed E-state index contributed by atoms with van der Waals surface area (Å²) in [6.45, 7) is 3.70. The van der Waals surface area contributed by atoms with Crippen LogP contribution in [0.5, 0.6) is 0 Å². The van der Waals surface area contributed by atoms with Crippen molar-refractivity contribution in [1.82, 2.24) is 40.6 Å². The quantitative estimate of drug-likeness (QED) is 0.312. The van der Waals surface area contributed by atoms with Crippen LogP contribution < -0.4 is 16.0 Å². The van der Waals surface area contributed by atoms with E-state index in [0.29, 0.717) is 11.4 Å². The summed E-state index contributed by atoms with van der Waals surface area (Å²) in [6, 6.07) is 10.0. The van der Waals surface area contributed by atoms with Crippen LogP contribution in [0.1, 0.15) is 63.4 Å². The van der Waals surface area contributed by atoms with E-state index >= 15 is 0 Å². The van der Waals surface area contributed by atoms with E-state index in [1.54, 1.807) is 23.8 Å². The lowest BCUT2D eigenvalue weighted by molar-refractivity contribution is -0.137. The van der Waals surface area contributed by atoms with Gasteiger partial charge in [0, 0.05) is 37.3 Å². The lowest BCUT2D eigenvalue weighted by Crippen LogP contribution is -2.46. The Morgan fingerprint density at radius 3 is 2.63 bits per heavy atom. The Kier molecular flexibility index (Phi) is 9.25. The average molecular weight is 605 g/mol. The molecule has 0 radical (unpaired) electrons. The number of hydrogen-bond acceptors (Lipinski definition) is 9. The molecular weight excluding hydrogens is 572 g/mol. The van der Waals surface area contributed by atoms with Crippen molar-refractivity contribution in [3.63, 3.8) is 0 Å². The Balaban J connectivity index is 1.44. The number of hydrogen-bond donors (Lipinski definition) is 3. The van der Waals surface area contributed by atoms with Gasteiger partial charge < -0.3 is 25.3 Å². The van der Waals surface area contributed by atoms with Gasteiger partial charge in [0.05, 0.1) is 12.6 Å². The molecule has 4 heterocycles. The third-order valence-corrected chi connectivity index (χ3v) is 7.78. The molecule has 0 saturated heterocycles. The highest BCUT2D eigenvalue weighted by Crippen LogP contribution is 2.26. The zero-order valence-corrected chi connectivity index (χ0v) is 24.5. The molecule has 0 spiro atoms. The summed E-state index contributed by atoms with van der Waals surface area (Å²) in [5, 5.41) is 14.9. The number of carbonyl (C=O) groups is 4. The van der Waals surface area contributed by atoms with E-state index in [4.69, 9.17) is 4.42 Å². The fraction of sp³-hybridized carbons (Fsp3) is 0.345. The molecule has 5 rings (SSSR count). The van der Waals surface area contributed by atoms with Gasteiger partial charge in [0.2, 0.25) is 17.7 Å². The number of fused-ring (bicyclic) bond motifs is 4. The number of nitrogens with zero attached hydrogens (tertiary/aromatic N) is 5. The molecule has 14 heteroatoms. The van der Waals surface area contributed by atoms with Crippen LogP contribution in [0.4, 0.5) is 0 Å². The Morgan fingerprint density at radius 1 is 1.07 bits per heavy atom. The SMILES string of the molecule is CC(C)[C@@H]1NC(=O)CN(C(=O)Cn2cccn2)CCNC(=O)c2coc(n2)[C@H](Cc2ccccc2)NC(=O)c2csc1n2. The van der Waals surface area contributed by atoms with Gasteiger partial charge in [-0.2, -0.15) is 5.10 Å². The maximum absolute atomic E-state index is 13.3. The lowest BCUT2D eigenvalue weighted by atomic mass is 10.0. The smallest absolute Gasteiger partial charge is 0.273 e. The fourth-order valence-electron chi connectivity index (χ4n) is 4.59. The van der Waals surface area contributed by atoms with Crippen molar-refractivity contribution in [2.45, 2.75) is 38.9 Å². The van der Waals surface area contributed by atoms with Crippen molar-refractivity contribution in [3.8, 4) is 0 Å². The molecule has 4 aromatic rings. The number of oxazole rings is 1. The molecule has 224 valence electrons. The lowest BCUT2D eigenvalue weighted by Gasteiger charge is -2.25. The number of carbonyl (C=O) groups excluding carboxylic acids is 4. The molecule has 4 bridgehead atoms. The first kappa shape index (κ1) is 29.6. The monoisotopic (exact) mass is 604 g/mol. The van der Waals surface area contributed by atoms with Gasteiger partial charge in [-0.3, -0.25) is 23.9 Å². The van der Waals surface area contributed by atoms with Crippen molar-refractivity contribution in [1.29, 1.82) is 0 Å². The van der Waals surface area contributed by atoms with E-state index in [1.807, 2.05) is 44.2 Å². The van der Waals surface area contributed by atoms with Crippen LogP contribution in [0.3, 0.4) is 0 Å². The second-order valence-corrected chi connectivity index (χ2v) is 11.3.